The average Bonchev–Trinajstić information content (AvgIpc) is 2.81. The fourth-order valence-corrected chi connectivity index (χ4v) is 2.47. The number of fused-ring (bicyclic) bond motifs is 1. The first-order chi connectivity index (χ1) is 9.22. The average molecular weight is 317 g/mol. The van der Waals surface area contributed by atoms with Crippen molar-refractivity contribution in [2.45, 2.75) is 13.5 Å². The molecule has 0 aliphatic carbocycles. The van der Waals surface area contributed by atoms with E-state index in [9.17, 15) is 0 Å². The number of ether oxygens (including phenoxy) is 1. The quantitative estimate of drug-likeness (QED) is 0.672. The summed E-state index contributed by atoms with van der Waals surface area (Å²) in [6, 6.07) is 16.0. The summed E-state index contributed by atoms with van der Waals surface area (Å²) in [6.07, 6.45) is 0. The summed E-state index contributed by atoms with van der Waals surface area (Å²) in [5, 5.41) is 1.08. The molecule has 1 heterocycles. The second-order valence-corrected chi connectivity index (χ2v) is 5.33. The van der Waals surface area contributed by atoms with Crippen molar-refractivity contribution in [1.82, 2.24) is 0 Å². The van der Waals surface area contributed by atoms with Gasteiger partial charge < -0.3 is 9.15 Å². The van der Waals surface area contributed by atoms with Crippen molar-refractivity contribution >= 4 is 26.9 Å². The van der Waals surface area contributed by atoms with Crippen molar-refractivity contribution in [3.05, 3.63) is 64.3 Å². The fourth-order valence-electron chi connectivity index (χ4n) is 2.01. The molecule has 3 heteroatoms. The Labute approximate surface area is 120 Å². The molecule has 0 aliphatic rings. The highest BCUT2D eigenvalue weighted by Crippen LogP contribution is 2.27. The molecule has 0 spiro atoms. The van der Waals surface area contributed by atoms with Gasteiger partial charge in [0.1, 0.15) is 23.7 Å². The Morgan fingerprint density at radius 3 is 2.74 bits per heavy atom. The van der Waals surface area contributed by atoms with E-state index in [4.69, 9.17) is 9.15 Å². The maximum absolute atomic E-state index is 5.78. The van der Waals surface area contributed by atoms with Gasteiger partial charge in [-0.25, -0.2) is 0 Å². The molecule has 0 bridgehead atoms. The third-order valence-corrected chi connectivity index (χ3v) is 3.54. The lowest BCUT2D eigenvalue weighted by Crippen LogP contribution is -1.93. The topological polar surface area (TPSA) is 22.4 Å². The minimum Gasteiger partial charge on any atom is -0.486 e. The van der Waals surface area contributed by atoms with Gasteiger partial charge in [0.05, 0.1) is 4.47 Å². The van der Waals surface area contributed by atoms with Crippen LogP contribution in [0.1, 0.15) is 11.3 Å². The predicted octanol–water partition coefficient (Wildman–Crippen LogP) is 5.08. The molecule has 0 saturated carbocycles. The normalized spacial score (nSPS) is 10.8. The second kappa shape index (κ2) is 5.10. The Morgan fingerprint density at radius 2 is 1.95 bits per heavy atom. The Bertz CT molecular complexity index is 716. The van der Waals surface area contributed by atoms with Gasteiger partial charge >= 0.3 is 0 Å². The molecular weight excluding hydrogens is 304 g/mol. The van der Waals surface area contributed by atoms with E-state index in [0.29, 0.717) is 6.61 Å². The molecule has 0 fully saturated rings. The van der Waals surface area contributed by atoms with Crippen LogP contribution < -0.4 is 4.74 Å². The third-order valence-electron chi connectivity index (χ3n) is 2.92. The van der Waals surface area contributed by atoms with Crippen LogP contribution in [0.2, 0.25) is 0 Å². The first kappa shape index (κ1) is 12.3. The SMILES string of the molecule is Cc1cccc(OCc2cc3cccc(Br)c3o2)c1. The second-order valence-electron chi connectivity index (χ2n) is 4.48. The van der Waals surface area contributed by atoms with Crippen molar-refractivity contribution in [2.24, 2.45) is 0 Å². The van der Waals surface area contributed by atoms with E-state index in [1.54, 1.807) is 0 Å². The van der Waals surface area contributed by atoms with Crippen molar-refractivity contribution in [1.29, 1.82) is 0 Å². The minimum atomic E-state index is 0.435. The van der Waals surface area contributed by atoms with Crippen molar-refractivity contribution in [3.8, 4) is 5.75 Å². The van der Waals surface area contributed by atoms with Gasteiger partial charge in [0.15, 0.2) is 0 Å². The highest BCUT2D eigenvalue weighted by molar-refractivity contribution is 9.10. The number of hydrogen-bond donors (Lipinski definition) is 0. The van der Waals surface area contributed by atoms with Crippen molar-refractivity contribution in [3.63, 3.8) is 0 Å². The summed E-state index contributed by atoms with van der Waals surface area (Å²) >= 11 is 3.48. The zero-order chi connectivity index (χ0) is 13.2. The lowest BCUT2D eigenvalue weighted by Gasteiger charge is -2.04. The zero-order valence-electron chi connectivity index (χ0n) is 10.5. The molecule has 19 heavy (non-hydrogen) atoms. The molecule has 0 atom stereocenters. The largest absolute Gasteiger partial charge is 0.486 e. The van der Waals surface area contributed by atoms with E-state index < -0.39 is 0 Å². The van der Waals surface area contributed by atoms with Gasteiger partial charge in [0, 0.05) is 5.39 Å². The Morgan fingerprint density at radius 1 is 1.11 bits per heavy atom. The molecule has 0 unspecified atom stereocenters. The van der Waals surface area contributed by atoms with Crippen molar-refractivity contribution in [2.75, 3.05) is 0 Å². The van der Waals surface area contributed by atoms with E-state index in [0.717, 1.165) is 27.0 Å². The van der Waals surface area contributed by atoms with Crippen molar-refractivity contribution < 1.29 is 9.15 Å². The van der Waals surface area contributed by atoms with Crippen LogP contribution >= 0.6 is 15.9 Å². The maximum atomic E-state index is 5.78. The molecule has 0 aliphatic heterocycles. The van der Waals surface area contributed by atoms with E-state index >= 15 is 0 Å². The van der Waals surface area contributed by atoms with Gasteiger partial charge in [0.2, 0.25) is 0 Å². The third kappa shape index (κ3) is 2.66. The Kier molecular flexibility index (Phi) is 3.30. The van der Waals surface area contributed by atoms with Crippen LogP contribution in [0.3, 0.4) is 0 Å². The van der Waals surface area contributed by atoms with Gasteiger partial charge in [-0.15, -0.1) is 0 Å². The van der Waals surface area contributed by atoms with Crippen LogP contribution in [0, 0.1) is 6.92 Å². The molecule has 96 valence electrons. The molecule has 3 rings (SSSR count). The predicted molar refractivity (Wildman–Crippen MR) is 79.4 cm³/mol. The summed E-state index contributed by atoms with van der Waals surface area (Å²) in [5.41, 5.74) is 2.05. The molecule has 0 radical (unpaired) electrons. The molecule has 0 saturated heterocycles. The maximum Gasteiger partial charge on any atom is 0.148 e. The number of furan rings is 1. The number of para-hydroxylation sites is 1. The number of benzene rings is 2. The summed E-state index contributed by atoms with van der Waals surface area (Å²) in [5.74, 6) is 1.68. The minimum absolute atomic E-state index is 0.435. The van der Waals surface area contributed by atoms with E-state index in [1.807, 2.05) is 55.5 Å². The van der Waals surface area contributed by atoms with Gasteiger partial charge in [0.25, 0.3) is 0 Å². The monoisotopic (exact) mass is 316 g/mol. The van der Waals surface area contributed by atoms with Crippen LogP contribution in [0.4, 0.5) is 0 Å². The standard InChI is InChI=1S/C16H13BrO2/c1-11-4-2-6-13(8-11)18-10-14-9-12-5-3-7-15(17)16(12)19-14/h2-9H,10H2,1H3. The van der Waals surface area contributed by atoms with Gasteiger partial charge in [-0.3, -0.25) is 0 Å². The lowest BCUT2D eigenvalue weighted by molar-refractivity contribution is 0.274. The van der Waals surface area contributed by atoms with Crippen LogP contribution in [-0.4, -0.2) is 0 Å². The lowest BCUT2D eigenvalue weighted by atomic mass is 10.2. The summed E-state index contributed by atoms with van der Waals surface area (Å²) in [6.45, 7) is 2.48. The van der Waals surface area contributed by atoms with Crippen LogP contribution in [0.5, 0.6) is 5.75 Å². The molecular formula is C16H13BrO2. The number of rotatable bonds is 3. The Balaban J connectivity index is 1.80. The molecule has 0 amide bonds. The van der Waals surface area contributed by atoms with E-state index in [2.05, 4.69) is 15.9 Å². The van der Waals surface area contributed by atoms with Crippen LogP contribution in [-0.2, 0) is 6.61 Å². The van der Waals surface area contributed by atoms with E-state index in [1.165, 1.54) is 5.56 Å². The summed E-state index contributed by atoms with van der Waals surface area (Å²) < 4.78 is 12.5. The smallest absolute Gasteiger partial charge is 0.148 e. The number of hydrogen-bond acceptors (Lipinski definition) is 2. The summed E-state index contributed by atoms with van der Waals surface area (Å²) in [7, 11) is 0. The van der Waals surface area contributed by atoms with Gasteiger partial charge in [-0.05, 0) is 52.7 Å². The van der Waals surface area contributed by atoms with Crippen LogP contribution in [0.15, 0.2) is 57.4 Å². The zero-order valence-corrected chi connectivity index (χ0v) is 12.1. The van der Waals surface area contributed by atoms with Gasteiger partial charge in [-0.2, -0.15) is 0 Å². The Hall–Kier alpha value is -1.74. The molecule has 0 N–H and O–H groups in total. The first-order valence-electron chi connectivity index (χ1n) is 6.09. The molecule has 1 aromatic heterocycles. The number of halogens is 1. The first-order valence-corrected chi connectivity index (χ1v) is 6.88. The highest BCUT2D eigenvalue weighted by Gasteiger charge is 2.07. The molecule has 3 aromatic rings. The molecule has 2 nitrogen and oxygen atoms in total. The fraction of sp³-hybridized carbons (Fsp3) is 0.125. The summed E-state index contributed by atoms with van der Waals surface area (Å²) in [4.78, 5) is 0. The van der Waals surface area contributed by atoms with Crippen LogP contribution in [0.25, 0.3) is 11.0 Å². The highest BCUT2D eigenvalue weighted by atomic mass is 79.9. The molecule has 2 aromatic carbocycles. The van der Waals surface area contributed by atoms with E-state index in [-0.39, 0.29) is 0 Å². The van der Waals surface area contributed by atoms with Gasteiger partial charge in [-0.1, -0.05) is 24.3 Å². The number of aryl methyl sites for hydroxylation is 1.